The molecule has 2 rings (SSSR count). The fourth-order valence-electron chi connectivity index (χ4n) is 1.90. The van der Waals surface area contributed by atoms with Gasteiger partial charge in [-0.3, -0.25) is 4.79 Å². The number of nitrogens with one attached hydrogen (secondary N) is 2. The van der Waals surface area contributed by atoms with Crippen LogP contribution in [0.1, 0.15) is 12.5 Å². The van der Waals surface area contributed by atoms with E-state index in [2.05, 4.69) is 17.6 Å². The van der Waals surface area contributed by atoms with Gasteiger partial charge in [0.1, 0.15) is 6.04 Å². The van der Waals surface area contributed by atoms with Crippen molar-refractivity contribution in [3.8, 4) is 0 Å². The number of rotatable bonds is 3. The van der Waals surface area contributed by atoms with E-state index in [-0.39, 0.29) is 11.9 Å². The minimum absolute atomic E-state index is 0.0226. The minimum Gasteiger partial charge on any atom is -0.378 e. The van der Waals surface area contributed by atoms with Gasteiger partial charge in [0.05, 0.1) is 13.2 Å². The van der Waals surface area contributed by atoms with Crippen LogP contribution in [-0.2, 0) is 16.0 Å². The van der Waals surface area contributed by atoms with Gasteiger partial charge in [0.2, 0.25) is 5.91 Å². The third-order valence-electron chi connectivity index (χ3n) is 2.89. The van der Waals surface area contributed by atoms with Crippen molar-refractivity contribution in [2.45, 2.75) is 19.4 Å². The van der Waals surface area contributed by atoms with E-state index in [9.17, 15) is 4.79 Å². The van der Waals surface area contributed by atoms with Crippen molar-refractivity contribution >= 4 is 11.6 Å². The molecule has 0 aromatic heterocycles. The van der Waals surface area contributed by atoms with Crippen molar-refractivity contribution in [1.82, 2.24) is 5.32 Å². The van der Waals surface area contributed by atoms with Gasteiger partial charge in [0, 0.05) is 12.2 Å². The van der Waals surface area contributed by atoms with Crippen molar-refractivity contribution < 1.29 is 9.53 Å². The quantitative estimate of drug-likeness (QED) is 0.825. The predicted octanol–water partition coefficient (Wildman–Crippen LogP) is 1.18. The molecule has 1 unspecified atom stereocenters. The second-order valence-electron chi connectivity index (χ2n) is 4.08. The number of para-hydroxylation sites is 1. The monoisotopic (exact) mass is 234 g/mol. The molecule has 1 aliphatic rings. The smallest absolute Gasteiger partial charge is 0.243 e. The number of hydrogen-bond acceptors (Lipinski definition) is 3. The average molecular weight is 234 g/mol. The van der Waals surface area contributed by atoms with Gasteiger partial charge in [-0.2, -0.15) is 0 Å². The van der Waals surface area contributed by atoms with E-state index in [1.165, 1.54) is 0 Å². The molecule has 4 heteroatoms. The number of carbonyl (C=O) groups excluding carboxylic acids is 1. The fourth-order valence-corrected chi connectivity index (χ4v) is 1.90. The molecule has 1 aromatic carbocycles. The third-order valence-corrected chi connectivity index (χ3v) is 2.89. The number of morpholine rings is 1. The summed E-state index contributed by atoms with van der Waals surface area (Å²) in [5.74, 6) is -0.0226. The standard InChI is InChI=1S/C13H18N2O2/c1-2-10-5-3-4-6-11(10)15-13(16)12-9-17-8-7-14-12/h3-6,12,14H,2,7-9H2,1H3,(H,15,16). The van der Waals surface area contributed by atoms with E-state index >= 15 is 0 Å². The van der Waals surface area contributed by atoms with Crippen LogP contribution in [0.3, 0.4) is 0 Å². The molecule has 1 aliphatic heterocycles. The Morgan fingerprint density at radius 3 is 3.06 bits per heavy atom. The SMILES string of the molecule is CCc1ccccc1NC(=O)C1COCCN1. The van der Waals surface area contributed by atoms with E-state index in [0.29, 0.717) is 13.2 Å². The lowest BCUT2D eigenvalue weighted by molar-refractivity contribution is -0.120. The first-order chi connectivity index (χ1) is 8.31. The molecule has 1 saturated heterocycles. The topological polar surface area (TPSA) is 50.4 Å². The van der Waals surface area contributed by atoms with Crippen LogP contribution in [0.25, 0.3) is 0 Å². The van der Waals surface area contributed by atoms with Crippen molar-refractivity contribution in [2.24, 2.45) is 0 Å². The Kier molecular flexibility index (Phi) is 4.12. The second kappa shape index (κ2) is 5.80. The summed E-state index contributed by atoms with van der Waals surface area (Å²) in [5.41, 5.74) is 2.05. The van der Waals surface area contributed by atoms with Crippen molar-refractivity contribution in [3.63, 3.8) is 0 Å². The number of amides is 1. The molecule has 17 heavy (non-hydrogen) atoms. The molecule has 0 saturated carbocycles. The van der Waals surface area contributed by atoms with Crippen LogP contribution >= 0.6 is 0 Å². The first-order valence-electron chi connectivity index (χ1n) is 6.01. The average Bonchev–Trinajstić information content (AvgIpc) is 2.40. The number of anilines is 1. The van der Waals surface area contributed by atoms with Gasteiger partial charge >= 0.3 is 0 Å². The maximum atomic E-state index is 12.0. The van der Waals surface area contributed by atoms with Crippen molar-refractivity contribution in [3.05, 3.63) is 29.8 Å². The van der Waals surface area contributed by atoms with Crippen LogP contribution < -0.4 is 10.6 Å². The number of carbonyl (C=O) groups is 1. The van der Waals surface area contributed by atoms with Gasteiger partial charge in [-0.1, -0.05) is 25.1 Å². The molecule has 1 fully saturated rings. The Morgan fingerprint density at radius 2 is 2.35 bits per heavy atom. The molecular weight excluding hydrogens is 216 g/mol. The fraction of sp³-hybridized carbons (Fsp3) is 0.462. The van der Waals surface area contributed by atoms with Crippen LogP contribution in [0.15, 0.2) is 24.3 Å². The number of benzene rings is 1. The molecular formula is C13H18N2O2. The van der Waals surface area contributed by atoms with Crippen LogP contribution in [0.5, 0.6) is 0 Å². The Balaban J connectivity index is 2.01. The van der Waals surface area contributed by atoms with Gasteiger partial charge in [0.25, 0.3) is 0 Å². The molecule has 1 amide bonds. The first-order valence-corrected chi connectivity index (χ1v) is 6.01. The molecule has 0 bridgehead atoms. The van der Waals surface area contributed by atoms with E-state index in [4.69, 9.17) is 4.74 Å². The largest absolute Gasteiger partial charge is 0.378 e. The van der Waals surface area contributed by atoms with Crippen LogP contribution in [0.4, 0.5) is 5.69 Å². The summed E-state index contributed by atoms with van der Waals surface area (Å²) in [6, 6.07) is 7.63. The summed E-state index contributed by atoms with van der Waals surface area (Å²) in [5, 5.41) is 6.09. The van der Waals surface area contributed by atoms with Gasteiger partial charge in [-0.05, 0) is 18.1 Å². The normalized spacial score (nSPS) is 19.9. The summed E-state index contributed by atoms with van der Waals surface area (Å²) in [6.45, 7) is 3.93. The summed E-state index contributed by atoms with van der Waals surface area (Å²) < 4.78 is 5.27. The zero-order valence-corrected chi connectivity index (χ0v) is 10.0. The summed E-state index contributed by atoms with van der Waals surface area (Å²) >= 11 is 0. The highest BCUT2D eigenvalue weighted by Gasteiger charge is 2.21. The Morgan fingerprint density at radius 1 is 1.53 bits per heavy atom. The summed E-state index contributed by atoms with van der Waals surface area (Å²) in [7, 11) is 0. The number of ether oxygens (including phenoxy) is 1. The molecule has 0 spiro atoms. The van der Waals surface area contributed by atoms with E-state index in [0.717, 1.165) is 24.2 Å². The highest BCUT2D eigenvalue weighted by atomic mass is 16.5. The highest BCUT2D eigenvalue weighted by molar-refractivity contribution is 5.95. The zero-order valence-electron chi connectivity index (χ0n) is 10.0. The molecule has 2 N–H and O–H groups in total. The molecule has 0 aliphatic carbocycles. The lowest BCUT2D eigenvalue weighted by Gasteiger charge is -2.23. The van der Waals surface area contributed by atoms with Crippen LogP contribution in [-0.4, -0.2) is 31.7 Å². The lowest BCUT2D eigenvalue weighted by atomic mass is 10.1. The molecule has 0 radical (unpaired) electrons. The van der Waals surface area contributed by atoms with Gasteiger partial charge in [-0.15, -0.1) is 0 Å². The summed E-state index contributed by atoms with van der Waals surface area (Å²) in [4.78, 5) is 12.0. The molecule has 4 nitrogen and oxygen atoms in total. The maximum Gasteiger partial charge on any atom is 0.243 e. The van der Waals surface area contributed by atoms with Crippen LogP contribution in [0.2, 0.25) is 0 Å². The number of hydrogen-bond donors (Lipinski definition) is 2. The van der Waals surface area contributed by atoms with Gasteiger partial charge < -0.3 is 15.4 Å². The van der Waals surface area contributed by atoms with Crippen molar-refractivity contribution in [2.75, 3.05) is 25.1 Å². The van der Waals surface area contributed by atoms with E-state index in [1.807, 2.05) is 24.3 Å². The third kappa shape index (κ3) is 3.05. The Bertz CT molecular complexity index is 387. The molecule has 1 heterocycles. The molecule has 1 aromatic rings. The Labute approximate surface area is 101 Å². The lowest BCUT2D eigenvalue weighted by Crippen LogP contribution is -2.48. The van der Waals surface area contributed by atoms with Gasteiger partial charge in [0.15, 0.2) is 0 Å². The first kappa shape index (κ1) is 12.1. The molecule has 92 valence electrons. The molecule has 1 atom stereocenters. The maximum absolute atomic E-state index is 12.0. The predicted molar refractivity (Wildman–Crippen MR) is 67.1 cm³/mol. The van der Waals surface area contributed by atoms with E-state index < -0.39 is 0 Å². The van der Waals surface area contributed by atoms with Crippen molar-refractivity contribution in [1.29, 1.82) is 0 Å². The second-order valence-corrected chi connectivity index (χ2v) is 4.08. The van der Waals surface area contributed by atoms with Crippen LogP contribution in [0, 0.1) is 0 Å². The summed E-state index contributed by atoms with van der Waals surface area (Å²) in [6.07, 6.45) is 0.908. The van der Waals surface area contributed by atoms with Gasteiger partial charge in [-0.25, -0.2) is 0 Å². The highest BCUT2D eigenvalue weighted by Crippen LogP contribution is 2.15. The zero-order chi connectivity index (χ0) is 12.1. The minimum atomic E-state index is -0.242. The Hall–Kier alpha value is -1.39. The number of aryl methyl sites for hydroxylation is 1. The van der Waals surface area contributed by atoms with E-state index in [1.54, 1.807) is 0 Å².